The summed E-state index contributed by atoms with van der Waals surface area (Å²) in [7, 11) is 0. The second kappa shape index (κ2) is 9.16. The van der Waals surface area contributed by atoms with E-state index in [0.717, 1.165) is 45.4 Å². The minimum absolute atomic E-state index is 0.0954. The first-order chi connectivity index (χ1) is 16.0. The zero-order chi connectivity index (χ0) is 24.8. The number of carbonyl (C=O) groups excluding carboxylic acids is 1. The van der Waals surface area contributed by atoms with Crippen molar-refractivity contribution >= 4 is 11.9 Å². The summed E-state index contributed by atoms with van der Waals surface area (Å²) >= 11 is 0. The maximum Gasteiger partial charge on any atom is 0.337 e. The number of hydrogen-bond acceptors (Lipinski definition) is 4. The van der Waals surface area contributed by atoms with Crippen molar-refractivity contribution in [2.75, 3.05) is 13.2 Å². The standard InChI is InChI=1S/C28H35NO5/c1-16-7-9-19(10-8-16)23-17(2)21-13-29(26(30)20-11-12-33-15-20)14-22(21)18(3)24(23)25(27(31)32)34-28(4,5)6/h7-10,20,25H,11-15H2,1-6H3,(H,31,32)/t20-,25?/m0/s1. The Balaban J connectivity index is 1.88. The van der Waals surface area contributed by atoms with Crippen molar-refractivity contribution in [1.29, 1.82) is 0 Å². The quantitative estimate of drug-likeness (QED) is 0.665. The monoisotopic (exact) mass is 465 g/mol. The number of fused-ring (bicyclic) bond motifs is 1. The minimum Gasteiger partial charge on any atom is -0.479 e. The van der Waals surface area contributed by atoms with Crippen LogP contribution in [0.1, 0.15) is 66.7 Å². The third kappa shape index (κ3) is 4.62. The maximum atomic E-state index is 13.2. The van der Waals surface area contributed by atoms with Crippen LogP contribution < -0.4 is 0 Å². The number of ether oxygens (including phenoxy) is 2. The van der Waals surface area contributed by atoms with Gasteiger partial charge in [-0.2, -0.15) is 0 Å². The highest BCUT2D eigenvalue weighted by atomic mass is 16.5. The van der Waals surface area contributed by atoms with Crippen molar-refractivity contribution in [2.45, 2.75) is 72.8 Å². The highest BCUT2D eigenvalue weighted by Gasteiger charge is 2.38. The number of carboxylic acids is 1. The Kier molecular flexibility index (Phi) is 6.58. The van der Waals surface area contributed by atoms with E-state index in [1.165, 1.54) is 0 Å². The van der Waals surface area contributed by atoms with Gasteiger partial charge in [0.25, 0.3) is 0 Å². The van der Waals surface area contributed by atoms with Crippen molar-refractivity contribution in [3.05, 3.63) is 57.6 Å². The smallest absolute Gasteiger partial charge is 0.337 e. The minimum atomic E-state index is -1.12. The Morgan fingerprint density at radius 2 is 1.68 bits per heavy atom. The van der Waals surface area contributed by atoms with Crippen LogP contribution in [-0.2, 0) is 32.2 Å². The van der Waals surface area contributed by atoms with Gasteiger partial charge in [-0.1, -0.05) is 29.8 Å². The van der Waals surface area contributed by atoms with Gasteiger partial charge in [-0.25, -0.2) is 4.79 Å². The number of amides is 1. The number of carboxylic acid groups (broad SMARTS) is 1. The van der Waals surface area contributed by atoms with Crippen LogP contribution in [0.5, 0.6) is 0 Å². The predicted octanol–water partition coefficient (Wildman–Crippen LogP) is 5.10. The van der Waals surface area contributed by atoms with E-state index in [4.69, 9.17) is 9.47 Å². The Bertz CT molecular complexity index is 1110. The van der Waals surface area contributed by atoms with Gasteiger partial charge in [-0.15, -0.1) is 0 Å². The number of aryl methyl sites for hydroxylation is 1. The summed E-state index contributed by atoms with van der Waals surface area (Å²) in [5.41, 5.74) is 7.10. The molecule has 182 valence electrons. The molecule has 0 spiro atoms. The van der Waals surface area contributed by atoms with Crippen molar-refractivity contribution in [1.82, 2.24) is 4.90 Å². The zero-order valence-corrected chi connectivity index (χ0v) is 21.0. The van der Waals surface area contributed by atoms with Crippen LogP contribution in [0.2, 0.25) is 0 Å². The molecule has 1 saturated heterocycles. The van der Waals surface area contributed by atoms with E-state index in [-0.39, 0.29) is 11.8 Å². The average Bonchev–Trinajstić information content (AvgIpc) is 3.45. The van der Waals surface area contributed by atoms with E-state index in [1.807, 2.05) is 70.7 Å². The Hall–Kier alpha value is -2.70. The molecule has 2 aliphatic rings. The van der Waals surface area contributed by atoms with Crippen LogP contribution in [0.25, 0.3) is 11.1 Å². The fourth-order valence-electron chi connectivity index (χ4n) is 5.17. The lowest BCUT2D eigenvalue weighted by Gasteiger charge is -2.29. The largest absolute Gasteiger partial charge is 0.479 e. The van der Waals surface area contributed by atoms with Gasteiger partial charge in [-0.05, 0) is 81.3 Å². The molecule has 2 aromatic carbocycles. The molecule has 2 heterocycles. The first-order valence-electron chi connectivity index (χ1n) is 12.0. The van der Waals surface area contributed by atoms with Crippen molar-refractivity contribution in [3.63, 3.8) is 0 Å². The van der Waals surface area contributed by atoms with Crippen molar-refractivity contribution in [2.24, 2.45) is 5.92 Å². The Labute approximate surface area is 201 Å². The van der Waals surface area contributed by atoms with Gasteiger partial charge >= 0.3 is 5.97 Å². The molecule has 2 aromatic rings. The molecule has 1 unspecified atom stereocenters. The molecule has 6 heteroatoms. The lowest BCUT2D eigenvalue weighted by molar-refractivity contribution is -0.160. The van der Waals surface area contributed by atoms with Gasteiger partial charge in [0.1, 0.15) is 0 Å². The van der Waals surface area contributed by atoms with Crippen molar-refractivity contribution in [3.8, 4) is 11.1 Å². The second-order valence-electron chi connectivity index (χ2n) is 10.6. The summed E-state index contributed by atoms with van der Waals surface area (Å²) in [6.07, 6.45) is -0.363. The van der Waals surface area contributed by atoms with Gasteiger partial charge in [0.05, 0.1) is 18.1 Å². The molecule has 34 heavy (non-hydrogen) atoms. The summed E-state index contributed by atoms with van der Waals surface area (Å²) in [6.45, 7) is 13.8. The lowest BCUT2D eigenvalue weighted by atomic mass is 9.83. The number of benzene rings is 2. The summed E-state index contributed by atoms with van der Waals surface area (Å²) in [5, 5.41) is 10.2. The average molecular weight is 466 g/mol. The summed E-state index contributed by atoms with van der Waals surface area (Å²) < 4.78 is 11.6. The van der Waals surface area contributed by atoms with E-state index >= 15 is 0 Å². The number of rotatable bonds is 5. The lowest BCUT2D eigenvalue weighted by Crippen LogP contribution is -2.32. The molecule has 0 bridgehead atoms. The third-order valence-corrected chi connectivity index (χ3v) is 6.90. The van der Waals surface area contributed by atoms with Crippen LogP contribution >= 0.6 is 0 Å². The van der Waals surface area contributed by atoms with Crippen LogP contribution in [0, 0.1) is 26.7 Å². The maximum absolute atomic E-state index is 13.2. The van der Waals surface area contributed by atoms with E-state index in [0.29, 0.717) is 31.9 Å². The van der Waals surface area contributed by atoms with E-state index < -0.39 is 17.7 Å². The van der Waals surface area contributed by atoms with Crippen LogP contribution in [0.15, 0.2) is 24.3 Å². The highest BCUT2D eigenvalue weighted by molar-refractivity contribution is 5.85. The topological polar surface area (TPSA) is 76.1 Å². The molecule has 0 aliphatic carbocycles. The number of carbonyl (C=O) groups is 2. The van der Waals surface area contributed by atoms with Crippen LogP contribution in [0.4, 0.5) is 0 Å². The first-order valence-corrected chi connectivity index (χ1v) is 12.0. The van der Waals surface area contributed by atoms with Gasteiger partial charge in [0.15, 0.2) is 6.10 Å². The van der Waals surface area contributed by atoms with Crippen molar-refractivity contribution < 1.29 is 24.2 Å². The second-order valence-corrected chi connectivity index (χ2v) is 10.6. The van der Waals surface area contributed by atoms with Gasteiger partial charge in [0, 0.05) is 25.3 Å². The molecule has 0 saturated carbocycles. The molecule has 1 amide bonds. The zero-order valence-electron chi connectivity index (χ0n) is 21.0. The summed E-state index contributed by atoms with van der Waals surface area (Å²) in [4.78, 5) is 27.6. The molecule has 4 rings (SSSR count). The summed E-state index contributed by atoms with van der Waals surface area (Å²) in [5.74, 6) is -0.992. The highest BCUT2D eigenvalue weighted by Crippen LogP contribution is 2.44. The van der Waals surface area contributed by atoms with E-state index in [2.05, 4.69) is 0 Å². The van der Waals surface area contributed by atoms with Gasteiger partial charge in [0.2, 0.25) is 5.91 Å². The number of nitrogens with zero attached hydrogens (tertiary/aromatic N) is 1. The fourth-order valence-corrected chi connectivity index (χ4v) is 5.17. The van der Waals surface area contributed by atoms with E-state index in [9.17, 15) is 14.7 Å². The molecular weight excluding hydrogens is 430 g/mol. The molecule has 0 aromatic heterocycles. The fraction of sp³-hybridized carbons (Fsp3) is 0.500. The molecule has 1 N–H and O–H groups in total. The Morgan fingerprint density at radius 1 is 1.06 bits per heavy atom. The van der Waals surface area contributed by atoms with Crippen LogP contribution in [-0.4, -0.2) is 40.7 Å². The SMILES string of the molecule is Cc1ccc(-c2c(C)c3c(c(C)c2C(OC(C)(C)C)C(=O)O)CN(C(=O)[C@H]2CCOC2)C3)cc1. The third-order valence-electron chi connectivity index (χ3n) is 6.90. The molecule has 2 atom stereocenters. The Morgan fingerprint density at radius 3 is 2.21 bits per heavy atom. The molecule has 0 radical (unpaired) electrons. The summed E-state index contributed by atoms with van der Waals surface area (Å²) in [6, 6.07) is 8.16. The molecule has 1 fully saturated rings. The number of aliphatic carboxylic acids is 1. The van der Waals surface area contributed by atoms with Crippen LogP contribution in [0.3, 0.4) is 0 Å². The molecule has 6 nitrogen and oxygen atoms in total. The van der Waals surface area contributed by atoms with Gasteiger partial charge < -0.3 is 19.5 Å². The molecule has 2 aliphatic heterocycles. The molecular formula is C28H35NO5. The number of hydrogen-bond donors (Lipinski definition) is 1. The van der Waals surface area contributed by atoms with E-state index in [1.54, 1.807) is 0 Å². The normalized spacial score (nSPS) is 18.8. The predicted molar refractivity (Wildman–Crippen MR) is 130 cm³/mol. The van der Waals surface area contributed by atoms with Gasteiger partial charge in [-0.3, -0.25) is 4.79 Å². The first kappa shape index (κ1) is 24.4.